The van der Waals surface area contributed by atoms with Crippen molar-refractivity contribution in [2.75, 3.05) is 18.8 Å². The van der Waals surface area contributed by atoms with Gasteiger partial charge in [0.05, 0.1) is 0 Å². The zero-order chi connectivity index (χ0) is 22.0. The van der Waals surface area contributed by atoms with E-state index in [2.05, 4.69) is 16.5 Å². The van der Waals surface area contributed by atoms with Crippen LogP contribution < -0.4 is 11.5 Å². The number of nitrogens with two attached hydrogens (primary N) is 2. The number of carbonyl (C=O) groups is 1. The Kier molecular flexibility index (Phi) is 5.49. The maximum absolute atomic E-state index is 12.1. The summed E-state index contributed by atoms with van der Waals surface area (Å²) in [5.41, 5.74) is 17.3. The normalized spacial score (nSPS) is 16.5. The minimum atomic E-state index is -0.0728. The van der Waals surface area contributed by atoms with Crippen LogP contribution in [0.15, 0.2) is 61.4 Å². The SMILES string of the molecule is C=CC(=O)N1CCC(c2[nH]c(N)c(/C=C(\N)c3ccccc3O)c2-c2ccncc2)C1. The molecular weight excluding hydrogens is 390 g/mol. The number of nitrogens with one attached hydrogen (secondary N) is 1. The number of benzene rings is 1. The van der Waals surface area contributed by atoms with Crippen molar-refractivity contribution in [2.45, 2.75) is 12.3 Å². The Morgan fingerprint density at radius 1 is 1.26 bits per heavy atom. The number of anilines is 1. The number of rotatable bonds is 5. The minimum Gasteiger partial charge on any atom is -0.507 e. The third kappa shape index (κ3) is 3.90. The van der Waals surface area contributed by atoms with Crippen molar-refractivity contribution in [1.82, 2.24) is 14.9 Å². The molecule has 0 bridgehead atoms. The van der Waals surface area contributed by atoms with Gasteiger partial charge in [0.2, 0.25) is 5.91 Å². The van der Waals surface area contributed by atoms with Crippen LogP contribution in [0, 0.1) is 0 Å². The Morgan fingerprint density at radius 2 is 2.00 bits per heavy atom. The molecule has 1 fully saturated rings. The van der Waals surface area contributed by atoms with E-state index in [1.165, 1.54) is 6.08 Å². The van der Waals surface area contributed by atoms with E-state index in [1.54, 1.807) is 41.6 Å². The first-order valence-electron chi connectivity index (χ1n) is 10.1. The lowest BCUT2D eigenvalue weighted by atomic mass is 9.93. The molecule has 1 amide bonds. The summed E-state index contributed by atoms with van der Waals surface area (Å²) in [6.45, 7) is 4.83. The number of aromatic amines is 1. The molecule has 1 aliphatic rings. The lowest BCUT2D eigenvalue weighted by Gasteiger charge is -2.15. The fraction of sp³-hybridized carbons (Fsp3) is 0.167. The number of likely N-dealkylation sites (tertiary alicyclic amines) is 1. The highest BCUT2D eigenvalue weighted by Gasteiger charge is 2.31. The number of H-pyrrole nitrogens is 1. The van der Waals surface area contributed by atoms with E-state index in [1.807, 2.05) is 18.2 Å². The number of nitrogens with zero attached hydrogens (tertiary/aromatic N) is 2. The third-order valence-corrected chi connectivity index (χ3v) is 5.66. The Balaban J connectivity index is 1.82. The number of phenolic OH excluding ortho intramolecular Hbond substituents is 1. The molecule has 3 aromatic rings. The van der Waals surface area contributed by atoms with Gasteiger partial charge in [-0.2, -0.15) is 0 Å². The summed E-state index contributed by atoms with van der Waals surface area (Å²) in [7, 11) is 0. The lowest BCUT2D eigenvalue weighted by molar-refractivity contribution is -0.125. The molecule has 4 rings (SSSR count). The molecule has 158 valence electrons. The van der Waals surface area contributed by atoms with Gasteiger partial charge in [0.1, 0.15) is 11.6 Å². The first kappa shape index (κ1) is 20.3. The van der Waals surface area contributed by atoms with Gasteiger partial charge in [-0.25, -0.2) is 0 Å². The second-order valence-electron chi connectivity index (χ2n) is 7.57. The molecule has 7 heteroatoms. The average Bonchev–Trinajstić information content (AvgIpc) is 3.39. The first-order chi connectivity index (χ1) is 15.0. The number of hydrogen-bond donors (Lipinski definition) is 4. The molecule has 2 aromatic heterocycles. The summed E-state index contributed by atoms with van der Waals surface area (Å²) in [6.07, 6.45) is 7.39. The molecule has 6 N–H and O–H groups in total. The highest BCUT2D eigenvalue weighted by atomic mass is 16.3. The predicted molar refractivity (Wildman–Crippen MR) is 123 cm³/mol. The van der Waals surface area contributed by atoms with Crippen LogP contribution in [0.5, 0.6) is 5.75 Å². The summed E-state index contributed by atoms with van der Waals surface area (Å²) >= 11 is 0. The van der Waals surface area contributed by atoms with Crippen LogP contribution in [-0.2, 0) is 4.79 Å². The summed E-state index contributed by atoms with van der Waals surface area (Å²) in [5, 5.41) is 10.2. The monoisotopic (exact) mass is 415 g/mol. The number of nitrogen functional groups attached to an aromatic ring is 1. The number of hydrogen-bond acceptors (Lipinski definition) is 5. The second kappa shape index (κ2) is 8.39. The van der Waals surface area contributed by atoms with Crippen LogP contribution in [0.2, 0.25) is 0 Å². The molecule has 1 aromatic carbocycles. The second-order valence-corrected chi connectivity index (χ2v) is 7.57. The Labute approximate surface area is 180 Å². The van der Waals surface area contributed by atoms with E-state index in [0.29, 0.717) is 30.2 Å². The zero-order valence-electron chi connectivity index (χ0n) is 17.1. The van der Waals surface area contributed by atoms with E-state index in [0.717, 1.165) is 28.8 Å². The quantitative estimate of drug-likeness (QED) is 0.476. The molecule has 3 heterocycles. The molecule has 31 heavy (non-hydrogen) atoms. The number of phenols is 1. The molecule has 1 saturated heterocycles. The largest absolute Gasteiger partial charge is 0.507 e. The molecule has 0 saturated carbocycles. The number of aromatic nitrogens is 2. The number of para-hydroxylation sites is 1. The third-order valence-electron chi connectivity index (χ3n) is 5.66. The van der Waals surface area contributed by atoms with Crippen LogP contribution in [0.25, 0.3) is 22.9 Å². The number of amides is 1. The molecule has 1 unspecified atom stereocenters. The van der Waals surface area contributed by atoms with Crippen molar-refractivity contribution < 1.29 is 9.90 Å². The summed E-state index contributed by atoms with van der Waals surface area (Å²) in [5.74, 6) is 0.610. The van der Waals surface area contributed by atoms with E-state index in [9.17, 15) is 9.90 Å². The van der Waals surface area contributed by atoms with Gasteiger partial charge in [0, 0.05) is 59.5 Å². The predicted octanol–water partition coefficient (Wildman–Crippen LogP) is 3.32. The molecule has 7 nitrogen and oxygen atoms in total. The number of pyridine rings is 1. The van der Waals surface area contributed by atoms with Gasteiger partial charge >= 0.3 is 0 Å². The Morgan fingerprint density at radius 3 is 2.71 bits per heavy atom. The topological polar surface area (TPSA) is 121 Å². The van der Waals surface area contributed by atoms with Crippen LogP contribution in [0.4, 0.5) is 5.82 Å². The maximum atomic E-state index is 12.1. The molecule has 0 aliphatic carbocycles. The lowest BCUT2D eigenvalue weighted by Crippen LogP contribution is -2.26. The van der Waals surface area contributed by atoms with Gasteiger partial charge in [-0.15, -0.1) is 0 Å². The molecule has 1 atom stereocenters. The van der Waals surface area contributed by atoms with Crippen molar-refractivity contribution in [3.05, 3.63) is 78.3 Å². The molecule has 1 aliphatic heterocycles. The van der Waals surface area contributed by atoms with Gasteiger partial charge in [-0.3, -0.25) is 9.78 Å². The van der Waals surface area contributed by atoms with Gasteiger partial charge in [0.15, 0.2) is 0 Å². The fourth-order valence-electron chi connectivity index (χ4n) is 4.12. The van der Waals surface area contributed by atoms with E-state index < -0.39 is 0 Å². The number of carbonyl (C=O) groups excluding carboxylic acids is 1. The summed E-state index contributed by atoms with van der Waals surface area (Å²) < 4.78 is 0. The number of aromatic hydroxyl groups is 1. The van der Waals surface area contributed by atoms with E-state index in [-0.39, 0.29) is 17.6 Å². The van der Waals surface area contributed by atoms with E-state index in [4.69, 9.17) is 11.5 Å². The zero-order valence-corrected chi connectivity index (χ0v) is 17.1. The molecule has 0 spiro atoms. The average molecular weight is 415 g/mol. The minimum absolute atomic E-state index is 0.0728. The molecular formula is C24H25N5O2. The van der Waals surface area contributed by atoms with Crippen molar-refractivity contribution in [2.24, 2.45) is 5.73 Å². The van der Waals surface area contributed by atoms with Crippen molar-refractivity contribution in [3.63, 3.8) is 0 Å². The van der Waals surface area contributed by atoms with Crippen LogP contribution in [0.1, 0.15) is 29.2 Å². The first-order valence-corrected chi connectivity index (χ1v) is 10.1. The smallest absolute Gasteiger partial charge is 0.245 e. The van der Waals surface area contributed by atoms with Gasteiger partial charge in [0.25, 0.3) is 0 Å². The van der Waals surface area contributed by atoms with Crippen LogP contribution >= 0.6 is 0 Å². The standard InChI is InChI=1S/C24H25N5O2/c1-2-21(31)29-12-9-16(14-29)23-22(15-7-10-27-11-8-15)18(24(26)28-23)13-19(25)17-5-3-4-6-20(17)30/h2-8,10-11,13,16,28,30H,1,9,12,14,25-26H2/b19-13-. The fourth-order valence-corrected chi connectivity index (χ4v) is 4.12. The van der Waals surface area contributed by atoms with Gasteiger partial charge < -0.3 is 26.5 Å². The van der Waals surface area contributed by atoms with Gasteiger partial charge in [-0.1, -0.05) is 18.7 Å². The van der Waals surface area contributed by atoms with Crippen molar-refractivity contribution in [1.29, 1.82) is 0 Å². The van der Waals surface area contributed by atoms with E-state index >= 15 is 0 Å². The molecule has 0 radical (unpaired) electrons. The van der Waals surface area contributed by atoms with Gasteiger partial charge in [-0.05, 0) is 48.4 Å². The Hall–Kier alpha value is -4.00. The summed E-state index contributed by atoms with van der Waals surface area (Å²) in [6, 6.07) is 10.7. The Bertz CT molecular complexity index is 1150. The highest BCUT2D eigenvalue weighted by Crippen LogP contribution is 2.40. The summed E-state index contributed by atoms with van der Waals surface area (Å²) in [4.78, 5) is 21.3. The maximum Gasteiger partial charge on any atom is 0.245 e. The van der Waals surface area contributed by atoms with Crippen LogP contribution in [0.3, 0.4) is 0 Å². The van der Waals surface area contributed by atoms with Crippen molar-refractivity contribution in [3.8, 4) is 16.9 Å². The highest BCUT2D eigenvalue weighted by molar-refractivity contribution is 5.92. The van der Waals surface area contributed by atoms with Crippen molar-refractivity contribution >= 4 is 23.5 Å². The van der Waals surface area contributed by atoms with Crippen LogP contribution in [-0.4, -0.2) is 39.0 Å².